The van der Waals surface area contributed by atoms with Crippen molar-refractivity contribution in [2.45, 2.75) is 90.9 Å². The van der Waals surface area contributed by atoms with Gasteiger partial charge in [0.05, 0.1) is 0 Å². The molecule has 1 rings (SSSR count). The second kappa shape index (κ2) is 10.5. The predicted octanol–water partition coefficient (Wildman–Crippen LogP) is 4.12. The van der Waals surface area contributed by atoms with Crippen LogP contribution in [0.5, 0.6) is 0 Å². The maximum absolute atomic E-state index is 13.0. The number of aliphatic carboxylic acids is 1. The molecule has 5 nitrogen and oxygen atoms in total. The smallest absolute Gasteiger partial charge is 0.314 e. The lowest BCUT2D eigenvalue weighted by Gasteiger charge is -2.27. The average molecular weight is 352 g/mol. The highest BCUT2D eigenvalue weighted by Crippen LogP contribution is 2.40. The van der Waals surface area contributed by atoms with Crippen molar-refractivity contribution in [1.29, 1.82) is 0 Å². The van der Waals surface area contributed by atoms with Gasteiger partial charge >= 0.3 is 5.97 Å². The second-order valence-corrected chi connectivity index (χ2v) is 7.17. The van der Waals surface area contributed by atoms with E-state index in [1.54, 1.807) is 0 Å². The van der Waals surface area contributed by atoms with E-state index in [2.05, 4.69) is 13.8 Å². The highest BCUT2D eigenvalue weighted by molar-refractivity contribution is 6.30. The zero-order valence-electron chi connectivity index (χ0n) is 15.6. The van der Waals surface area contributed by atoms with Crippen LogP contribution in [0.1, 0.15) is 90.9 Å². The largest absolute Gasteiger partial charge is 0.481 e. The van der Waals surface area contributed by atoms with E-state index in [1.165, 1.54) is 0 Å². The van der Waals surface area contributed by atoms with Crippen LogP contribution in [0.3, 0.4) is 0 Å². The highest BCUT2D eigenvalue weighted by atomic mass is 16.4. The molecular formula is C20H32O5. The van der Waals surface area contributed by atoms with E-state index >= 15 is 0 Å². The van der Waals surface area contributed by atoms with Gasteiger partial charge in [-0.2, -0.15) is 0 Å². The van der Waals surface area contributed by atoms with Gasteiger partial charge in [-0.25, -0.2) is 0 Å². The van der Waals surface area contributed by atoms with Crippen LogP contribution in [0.15, 0.2) is 0 Å². The monoisotopic (exact) mass is 352 g/mol. The Bertz CT molecular complexity index is 478. The lowest BCUT2D eigenvalue weighted by molar-refractivity contribution is -0.154. The minimum absolute atomic E-state index is 0.0700. The lowest BCUT2D eigenvalue weighted by Crippen LogP contribution is -2.46. The van der Waals surface area contributed by atoms with Crippen molar-refractivity contribution in [3.63, 3.8) is 0 Å². The van der Waals surface area contributed by atoms with Gasteiger partial charge in [-0.05, 0) is 12.8 Å². The molecule has 1 aliphatic carbocycles. The normalized spacial score (nSPS) is 17.7. The second-order valence-electron chi connectivity index (χ2n) is 7.17. The Morgan fingerprint density at radius 3 is 1.92 bits per heavy atom. The Morgan fingerprint density at radius 1 is 0.920 bits per heavy atom. The van der Waals surface area contributed by atoms with E-state index in [1.807, 2.05) is 0 Å². The fraction of sp³-hybridized carbons (Fsp3) is 0.800. The van der Waals surface area contributed by atoms with Gasteiger partial charge in [-0.3, -0.25) is 19.2 Å². The SMILES string of the molecule is CCCCCCC(C(=O)O)C(=O)C1(CCCCCC)C(=O)CCC1=O. The summed E-state index contributed by atoms with van der Waals surface area (Å²) in [5.41, 5.74) is -1.68. The number of hydrogen-bond acceptors (Lipinski definition) is 4. The third-order valence-electron chi connectivity index (χ3n) is 5.32. The Morgan fingerprint density at radius 2 is 1.44 bits per heavy atom. The van der Waals surface area contributed by atoms with Crippen LogP contribution in [-0.2, 0) is 19.2 Å². The molecule has 25 heavy (non-hydrogen) atoms. The van der Waals surface area contributed by atoms with Crippen molar-refractivity contribution in [2.24, 2.45) is 11.3 Å². The summed E-state index contributed by atoms with van der Waals surface area (Å²) < 4.78 is 0. The molecule has 1 N–H and O–H groups in total. The Balaban J connectivity index is 2.94. The predicted molar refractivity (Wildman–Crippen MR) is 95.3 cm³/mol. The topological polar surface area (TPSA) is 88.5 Å². The molecule has 142 valence electrons. The van der Waals surface area contributed by atoms with Crippen molar-refractivity contribution in [3.8, 4) is 0 Å². The number of unbranched alkanes of at least 4 members (excludes halogenated alkanes) is 6. The number of carbonyl (C=O) groups excluding carboxylic acids is 3. The highest BCUT2D eigenvalue weighted by Gasteiger charge is 2.56. The van der Waals surface area contributed by atoms with Crippen molar-refractivity contribution < 1.29 is 24.3 Å². The summed E-state index contributed by atoms with van der Waals surface area (Å²) in [5.74, 6) is -3.82. The Labute approximate surface area is 150 Å². The molecule has 0 spiro atoms. The van der Waals surface area contributed by atoms with E-state index in [0.717, 1.165) is 38.5 Å². The molecule has 1 fully saturated rings. The quantitative estimate of drug-likeness (QED) is 0.398. The first kappa shape index (κ1) is 21.5. The molecule has 0 bridgehead atoms. The van der Waals surface area contributed by atoms with Crippen LogP contribution < -0.4 is 0 Å². The van der Waals surface area contributed by atoms with Gasteiger partial charge in [0.1, 0.15) is 11.3 Å². The molecule has 1 aliphatic rings. The number of Topliss-reactive ketones (excluding diaryl/α,β-unsaturated/α-hetero) is 3. The molecule has 1 atom stereocenters. The molecule has 0 aliphatic heterocycles. The van der Waals surface area contributed by atoms with Gasteiger partial charge in [0.2, 0.25) is 0 Å². The molecular weight excluding hydrogens is 320 g/mol. The number of carbonyl (C=O) groups is 4. The van der Waals surface area contributed by atoms with E-state index in [-0.39, 0.29) is 37.2 Å². The van der Waals surface area contributed by atoms with Crippen LogP contribution in [0.4, 0.5) is 0 Å². The zero-order chi connectivity index (χ0) is 18.9. The van der Waals surface area contributed by atoms with Crippen LogP contribution in [-0.4, -0.2) is 28.4 Å². The summed E-state index contributed by atoms with van der Waals surface area (Å²) in [6, 6.07) is 0. The molecule has 5 heteroatoms. The maximum atomic E-state index is 13.0. The summed E-state index contributed by atoms with van der Waals surface area (Å²) in [4.78, 5) is 49.6. The molecule has 0 aromatic carbocycles. The number of ketones is 3. The van der Waals surface area contributed by atoms with E-state index in [0.29, 0.717) is 12.8 Å². The van der Waals surface area contributed by atoms with Crippen molar-refractivity contribution in [2.75, 3.05) is 0 Å². The standard InChI is InChI=1S/C20H32O5/c1-3-5-7-9-11-15(19(24)25)18(23)20(14-10-8-6-4-2)16(21)12-13-17(20)22/h15H,3-14H2,1-2H3,(H,24,25). The minimum Gasteiger partial charge on any atom is -0.481 e. The first-order valence-electron chi connectivity index (χ1n) is 9.75. The van der Waals surface area contributed by atoms with Crippen molar-refractivity contribution in [1.82, 2.24) is 0 Å². The van der Waals surface area contributed by atoms with Crippen LogP contribution in [0.25, 0.3) is 0 Å². The summed E-state index contributed by atoms with van der Waals surface area (Å²) in [6.45, 7) is 4.12. The fourth-order valence-corrected chi connectivity index (χ4v) is 3.74. The van der Waals surface area contributed by atoms with E-state index < -0.39 is 23.1 Å². The molecule has 0 aromatic rings. The fourth-order valence-electron chi connectivity index (χ4n) is 3.74. The third-order valence-corrected chi connectivity index (χ3v) is 5.32. The number of hydrogen-bond donors (Lipinski definition) is 1. The zero-order valence-corrected chi connectivity index (χ0v) is 15.6. The summed E-state index contributed by atoms with van der Waals surface area (Å²) in [7, 11) is 0. The van der Waals surface area contributed by atoms with Crippen molar-refractivity contribution in [3.05, 3.63) is 0 Å². The molecule has 1 unspecified atom stereocenters. The molecule has 0 heterocycles. The Kier molecular flexibility index (Phi) is 9.01. The minimum atomic E-state index is -1.68. The van der Waals surface area contributed by atoms with Gasteiger partial charge in [-0.15, -0.1) is 0 Å². The van der Waals surface area contributed by atoms with Gasteiger partial charge in [0, 0.05) is 12.8 Å². The van der Waals surface area contributed by atoms with Crippen LogP contribution >= 0.6 is 0 Å². The van der Waals surface area contributed by atoms with Crippen LogP contribution in [0, 0.1) is 11.3 Å². The molecule has 0 aromatic heterocycles. The summed E-state index contributed by atoms with van der Waals surface area (Å²) in [5, 5.41) is 9.51. The molecule has 0 radical (unpaired) electrons. The maximum Gasteiger partial charge on any atom is 0.314 e. The lowest BCUT2D eigenvalue weighted by atomic mass is 9.70. The number of carboxylic acid groups (broad SMARTS) is 1. The Hall–Kier alpha value is -1.52. The van der Waals surface area contributed by atoms with E-state index in [9.17, 15) is 24.3 Å². The third kappa shape index (κ3) is 5.23. The first-order valence-corrected chi connectivity index (χ1v) is 9.75. The van der Waals surface area contributed by atoms with Crippen LogP contribution in [0.2, 0.25) is 0 Å². The van der Waals surface area contributed by atoms with E-state index in [4.69, 9.17) is 0 Å². The van der Waals surface area contributed by atoms with Gasteiger partial charge in [-0.1, -0.05) is 65.2 Å². The van der Waals surface area contributed by atoms with Gasteiger partial charge < -0.3 is 5.11 Å². The molecule has 0 saturated heterocycles. The average Bonchev–Trinajstić information content (AvgIpc) is 2.86. The first-order chi connectivity index (χ1) is 11.9. The van der Waals surface area contributed by atoms with Gasteiger partial charge in [0.15, 0.2) is 17.3 Å². The summed E-state index contributed by atoms with van der Waals surface area (Å²) in [6.07, 6.45) is 7.48. The van der Waals surface area contributed by atoms with Gasteiger partial charge in [0.25, 0.3) is 0 Å². The number of rotatable bonds is 13. The molecule has 1 saturated carbocycles. The van der Waals surface area contributed by atoms with Crippen molar-refractivity contribution >= 4 is 23.3 Å². The summed E-state index contributed by atoms with van der Waals surface area (Å²) >= 11 is 0. The number of carboxylic acids is 1. The molecule has 0 amide bonds.